The van der Waals surface area contributed by atoms with Crippen LogP contribution in [0.4, 0.5) is 0 Å². The summed E-state index contributed by atoms with van der Waals surface area (Å²) in [6.45, 7) is 12.1. The van der Waals surface area contributed by atoms with Gasteiger partial charge in [0.25, 0.3) is 0 Å². The molecule has 3 N–H and O–H groups in total. The van der Waals surface area contributed by atoms with Crippen LogP contribution in [0, 0.1) is 17.8 Å². The molecule has 19 heteroatoms. The summed E-state index contributed by atoms with van der Waals surface area (Å²) < 4.78 is 69.0. The van der Waals surface area contributed by atoms with E-state index in [9.17, 15) is 43.2 Å². The van der Waals surface area contributed by atoms with Crippen molar-refractivity contribution in [2.24, 2.45) is 17.8 Å². The SMILES string of the molecule is CCCCCCCCCCCCCCCCCCC(=O)O[C@H](COC(=O)CCCCCCCCCCC(C)CC)COP(=O)(O)OC[C@H](O)COP(=O)(O)OC[C@@H](COC(=O)CCCCCCCCCCCCCCCCCCC(C)C)OC(=O)CCCCCCCCCCCCCCCCCCC(C)C. The molecule has 0 aromatic rings. The molecule has 0 radical (unpaired) electrons. The van der Waals surface area contributed by atoms with E-state index in [1.165, 1.54) is 270 Å². The molecule has 0 aliphatic rings. The molecule has 0 aromatic heterocycles. The highest BCUT2D eigenvalue weighted by Crippen LogP contribution is 2.45. The van der Waals surface area contributed by atoms with Crippen molar-refractivity contribution in [3.05, 3.63) is 0 Å². The van der Waals surface area contributed by atoms with Crippen LogP contribution in [-0.2, 0) is 65.4 Å². The molecule has 0 aromatic carbocycles. The van der Waals surface area contributed by atoms with Gasteiger partial charge in [-0.15, -0.1) is 0 Å². The highest BCUT2D eigenvalue weighted by molar-refractivity contribution is 7.47. The number of carbonyl (C=O) groups excluding carboxylic acids is 4. The van der Waals surface area contributed by atoms with Crippen LogP contribution >= 0.6 is 15.6 Å². The van der Waals surface area contributed by atoms with Crippen LogP contribution in [0.2, 0.25) is 0 Å². The number of ether oxygens (including phenoxy) is 4. The second kappa shape index (κ2) is 77.0. The number of unbranched alkanes of at least 4 members (excludes halogenated alkanes) is 52. The summed E-state index contributed by atoms with van der Waals surface area (Å²) in [7, 11) is -9.93. The normalized spacial score (nSPS) is 14.1. The molecule has 0 fully saturated rings. The fourth-order valence-corrected chi connectivity index (χ4v) is 15.1. The van der Waals surface area contributed by atoms with Crippen molar-refractivity contribution in [1.82, 2.24) is 0 Å². The minimum absolute atomic E-state index is 0.108. The Morgan fingerprint density at radius 1 is 0.274 bits per heavy atom. The van der Waals surface area contributed by atoms with Gasteiger partial charge in [0.05, 0.1) is 26.4 Å². The van der Waals surface area contributed by atoms with Crippen LogP contribution in [-0.4, -0.2) is 96.7 Å². The minimum Gasteiger partial charge on any atom is -0.462 e. The van der Waals surface area contributed by atoms with Crippen molar-refractivity contribution in [3.8, 4) is 0 Å². The number of phosphoric acid groups is 2. The summed E-state index contributed by atoms with van der Waals surface area (Å²) in [6, 6.07) is 0. The molecule has 3 unspecified atom stereocenters. The highest BCUT2D eigenvalue weighted by atomic mass is 31.2. The van der Waals surface area contributed by atoms with E-state index in [4.69, 9.17) is 37.0 Å². The molecule has 0 spiro atoms. The molecule has 0 bridgehead atoms. The Kier molecular flexibility index (Phi) is 75.6. The van der Waals surface area contributed by atoms with Crippen molar-refractivity contribution in [1.29, 1.82) is 0 Å². The maximum atomic E-state index is 13.2. The zero-order chi connectivity index (χ0) is 77.9. The highest BCUT2D eigenvalue weighted by Gasteiger charge is 2.31. The first kappa shape index (κ1) is 104. The summed E-state index contributed by atoms with van der Waals surface area (Å²) in [6.07, 6.45) is 67.9. The third-order valence-electron chi connectivity index (χ3n) is 20.7. The quantitative estimate of drug-likeness (QED) is 0.0222. The Labute approximate surface area is 651 Å². The number of phosphoric ester groups is 2. The van der Waals surface area contributed by atoms with E-state index < -0.39 is 97.5 Å². The number of hydrogen-bond donors (Lipinski definition) is 3. The van der Waals surface area contributed by atoms with E-state index in [1.54, 1.807) is 0 Å². The Balaban J connectivity index is 5.26. The second-order valence-corrected chi connectivity index (χ2v) is 35.4. The first-order valence-corrected chi connectivity index (χ1v) is 47.9. The van der Waals surface area contributed by atoms with Gasteiger partial charge in [-0.2, -0.15) is 0 Å². The molecule has 0 aliphatic heterocycles. The molecule has 0 heterocycles. The van der Waals surface area contributed by atoms with E-state index in [1.807, 2.05) is 0 Å². The largest absolute Gasteiger partial charge is 0.472 e. The number of carbonyl (C=O) groups is 4. The molecule has 106 heavy (non-hydrogen) atoms. The third kappa shape index (κ3) is 78.7. The van der Waals surface area contributed by atoms with Gasteiger partial charge in [-0.25, -0.2) is 9.13 Å². The average Bonchev–Trinajstić information content (AvgIpc) is 0.906. The van der Waals surface area contributed by atoms with Crippen molar-refractivity contribution in [2.75, 3.05) is 39.6 Å². The van der Waals surface area contributed by atoms with Gasteiger partial charge >= 0.3 is 39.5 Å². The van der Waals surface area contributed by atoms with Crippen LogP contribution in [0.3, 0.4) is 0 Å². The van der Waals surface area contributed by atoms with Gasteiger partial charge < -0.3 is 33.8 Å². The van der Waals surface area contributed by atoms with Crippen molar-refractivity contribution in [3.63, 3.8) is 0 Å². The zero-order valence-electron chi connectivity index (χ0n) is 69.9. The number of esters is 4. The molecule has 17 nitrogen and oxygen atoms in total. The summed E-state index contributed by atoms with van der Waals surface area (Å²) in [4.78, 5) is 73.3. The van der Waals surface area contributed by atoms with E-state index >= 15 is 0 Å². The average molecular weight is 1550 g/mol. The molecular weight excluding hydrogens is 1380 g/mol. The van der Waals surface area contributed by atoms with E-state index in [-0.39, 0.29) is 25.7 Å². The van der Waals surface area contributed by atoms with Gasteiger partial charge in [-0.05, 0) is 43.4 Å². The number of aliphatic hydroxyl groups is 1. The molecule has 6 atom stereocenters. The summed E-state index contributed by atoms with van der Waals surface area (Å²) in [5.41, 5.74) is 0. The lowest BCUT2D eigenvalue weighted by Crippen LogP contribution is -2.30. The smallest absolute Gasteiger partial charge is 0.462 e. The lowest BCUT2D eigenvalue weighted by atomic mass is 9.99. The number of hydrogen-bond acceptors (Lipinski definition) is 15. The van der Waals surface area contributed by atoms with Crippen LogP contribution in [0.5, 0.6) is 0 Å². The van der Waals surface area contributed by atoms with Crippen LogP contribution in [0.15, 0.2) is 0 Å². The summed E-state index contributed by atoms with van der Waals surface area (Å²) in [5.74, 6) is 0.298. The van der Waals surface area contributed by atoms with Crippen molar-refractivity contribution < 1.29 is 80.2 Å². The molecule has 630 valence electrons. The van der Waals surface area contributed by atoms with Gasteiger partial charge in [0.2, 0.25) is 0 Å². The minimum atomic E-state index is -4.97. The van der Waals surface area contributed by atoms with Gasteiger partial charge in [-0.3, -0.25) is 37.3 Å². The second-order valence-electron chi connectivity index (χ2n) is 32.5. The van der Waals surface area contributed by atoms with Crippen LogP contribution in [0.25, 0.3) is 0 Å². The zero-order valence-corrected chi connectivity index (χ0v) is 71.7. The molecule has 0 amide bonds. The Morgan fingerprint density at radius 2 is 0.481 bits per heavy atom. The van der Waals surface area contributed by atoms with Gasteiger partial charge in [0, 0.05) is 25.7 Å². The van der Waals surface area contributed by atoms with Gasteiger partial charge in [-0.1, -0.05) is 408 Å². The lowest BCUT2D eigenvalue weighted by Gasteiger charge is -2.21. The predicted molar refractivity (Wildman–Crippen MR) is 437 cm³/mol. The summed E-state index contributed by atoms with van der Waals surface area (Å²) >= 11 is 0. The van der Waals surface area contributed by atoms with Crippen molar-refractivity contribution in [2.45, 2.75) is 478 Å². The molecule has 0 saturated heterocycles. The van der Waals surface area contributed by atoms with E-state index in [2.05, 4.69) is 48.5 Å². The molecule has 0 aliphatic carbocycles. The maximum absolute atomic E-state index is 13.2. The first-order valence-electron chi connectivity index (χ1n) is 44.9. The van der Waals surface area contributed by atoms with E-state index in [0.29, 0.717) is 25.7 Å². The monoisotopic (exact) mass is 1550 g/mol. The maximum Gasteiger partial charge on any atom is 0.472 e. The topological polar surface area (TPSA) is 237 Å². The third-order valence-corrected chi connectivity index (χ3v) is 22.6. The van der Waals surface area contributed by atoms with E-state index in [0.717, 1.165) is 108 Å². The standard InChI is InChI=1S/C87H170O17P2/c1-8-10-11-12-13-14-15-16-17-24-30-35-40-49-56-63-70-87(92)104-83(75-98-85(90)69-62-55-48-43-42-46-53-60-67-80(7)9-2)77-102-106(95,96)100-73-81(88)72-99-105(93,94)101-76-82(103-86(91)71-64-57-50-41-36-31-26-21-19-23-28-33-38-45-52-59-66-79(5)6)74-97-84(89)68-61-54-47-39-34-29-25-20-18-22-27-32-37-44-51-58-65-78(3)4/h78-83,88H,8-77H2,1-7H3,(H,93,94)(H,95,96)/t80?,81-,82-,83-/m1/s1. The Morgan fingerprint density at radius 3 is 0.717 bits per heavy atom. The first-order chi connectivity index (χ1) is 51.3. The molecule has 0 rings (SSSR count). The molecule has 0 saturated carbocycles. The Bertz CT molecular complexity index is 2050. The Hall–Kier alpha value is -1.94. The van der Waals surface area contributed by atoms with Crippen molar-refractivity contribution >= 4 is 39.5 Å². The predicted octanol–water partition coefficient (Wildman–Crippen LogP) is 26.5. The fourth-order valence-electron chi connectivity index (χ4n) is 13.5. The van der Waals surface area contributed by atoms with Gasteiger partial charge in [0.1, 0.15) is 19.3 Å². The molecular formula is C87H170O17P2. The lowest BCUT2D eigenvalue weighted by molar-refractivity contribution is -0.161. The number of aliphatic hydroxyl groups excluding tert-OH is 1. The number of rotatable bonds is 85. The van der Waals surface area contributed by atoms with Crippen LogP contribution < -0.4 is 0 Å². The fraction of sp³-hybridized carbons (Fsp3) is 0.954. The summed E-state index contributed by atoms with van der Waals surface area (Å²) in [5, 5.41) is 10.7. The van der Waals surface area contributed by atoms with Crippen LogP contribution in [0.1, 0.15) is 459 Å². The van der Waals surface area contributed by atoms with Gasteiger partial charge in [0.15, 0.2) is 12.2 Å².